The maximum atomic E-state index is 13.0. The third-order valence-corrected chi connectivity index (χ3v) is 2.02. The van der Waals surface area contributed by atoms with Crippen LogP contribution in [-0.2, 0) is 0 Å². The maximum absolute atomic E-state index is 13.0. The first-order valence-electron chi connectivity index (χ1n) is 3.83. The van der Waals surface area contributed by atoms with Crippen molar-refractivity contribution in [2.75, 3.05) is 18.7 Å². The molecule has 2 N–H and O–H groups in total. The average molecular weight is 218 g/mol. The minimum atomic E-state index is -0.653. The molecule has 0 aliphatic rings. The van der Waals surface area contributed by atoms with Crippen LogP contribution in [0.25, 0.3) is 0 Å². The van der Waals surface area contributed by atoms with E-state index in [4.69, 9.17) is 22.1 Å². The lowest BCUT2D eigenvalue weighted by atomic mass is 10.1. The molecule has 5 heteroatoms. The quantitative estimate of drug-likeness (QED) is 0.478. The summed E-state index contributed by atoms with van der Waals surface area (Å²) in [6.07, 6.45) is 0. The van der Waals surface area contributed by atoms with E-state index in [0.717, 1.165) is 6.07 Å². The van der Waals surface area contributed by atoms with Crippen molar-refractivity contribution >= 4 is 23.1 Å². The molecule has 0 radical (unpaired) electrons. The van der Waals surface area contributed by atoms with Gasteiger partial charge in [-0.1, -0.05) is 0 Å². The number of alkyl halides is 1. The highest BCUT2D eigenvalue weighted by atomic mass is 35.5. The Morgan fingerprint density at radius 2 is 2.29 bits per heavy atom. The van der Waals surface area contributed by atoms with Crippen LogP contribution in [-0.4, -0.2) is 18.8 Å². The van der Waals surface area contributed by atoms with Crippen molar-refractivity contribution in [2.45, 2.75) is 0 Å². The van der Waals surface area contributed by atoms with E-state index in [9.17, 15) is 9.18 Å². The molecule has 0 aromatic heterocycles. The Bertz CT molecular complexity index is 368. The Hall–Kier alpha value is -1.29. The van der Waals surface area contributed by atoms with Crippen LogP contribution in [0, 0.1) is 5.82 Å². The van der Waals surface area contributed by atoms with Gasteiger partial charge in [-0.05, 0) is 12.1 Å². The number of anilines is 1. The Kier molecular flexibility index (Phi) is 3.30. The average Bonchev–Trinajstić information content (AvgIpc) is 2.20. The third kappa shape index (κ3) is 1.80. The number of ether oxygens (including phenoxy) is 1. The van der Waals surface area contributed by atoms with Crippen LogP contribution in [0.4, 0.5) is 10.1 Å². The largest absolute Gasteiger partial charge is 0.496 e. The van der Waals surface area contributed by atoms with Crippen LogP contribution in [0.5, 0.6) is 5.75 Å². The molecule has 0 saturated carbocycles. The number of benzene rings is 1. The van der Waals surface area contributed by atoms with E-state index in [1.807, 2.05) is 0 Å². The number of hydrogen-bond donors (Lipinski definition) is 1. The van der Waals surface area contributed by atoms with Gasteiger partial charge in [0.2, 0.25) is 0 Å². The Balaban J connectivity index is 3.35. The van der Waals surface area contributed by atoms with Crippen molar-refractivity contribution in [3.8, 4) is 5.75 Å². The summed E-state index contributed by atoms with van der Waals surface area (Å²) in [5, 5.41) is 0. The topological polar surface area (TPSA) is 52.3 Å². The zero-order valence-electron chi connectivity index (χ0n) is 7.51. The molecule has 1 aromatic rings. The van der Waals surface area contributed by atoms with Crippen LogP contribution >= 0.6 is 11.6 Å². The van der Waals surface area contributed by atoms with Crippen LogP contribution in [0.2, 0.25) is 0 Å². The van der Waals surface area contributed by atoms with Crippen molar-refractivity contribution in [1.29, 1.82) is 0 Å². The second-order valence-electron chi connectivity index (χ2n) is 2.60. The predicted molar refractivity (Wildman–Crippen MR) is 52.4 cm³/mol. The van der Waals surface area contributed by atoms with Gasteiger partial charge < -0.3 is 10.5 Å². The van der Waals surface area contributed by atoms with E-state index < -0.39 is 11.6 Å². The molecule has 0 bridgehead atoms. The first kappa shape index (κ1) is 10.8. The van der Waals surface area contributed by atoms with Gasteiger partial charge in [-0.2, -0.15) is 0 Å². The Labute approximate surface area is 85.6 Å². The van der Waals surface area contributed by atoms with Crippen molar-refractivity contribution in [1.82, 2.24) is 0 Å². The molecule has 0 amide bonds. The van der Waals surface area contributed by atoms with Crippen LogP contribution in [0.3, 0.4) is 0 Å². The van der Waals surface area contributed by atoms with Crippen molar-refractivity contribution < 1.29 is 13.9 Å². The molecule has 1 rings (SSSR count). The summed E-state index contributed by atoms with van der Waals surface area (Å²) in [5.74, 6) is -1.14. The number of hydrogen-bond acceptors (Lipinski definition) is 3. The Morgan fingerprint density at radius 1 is 1.64 bits per heavy atom. The van der Waals surface area contributed by atoms with Gasteiger partial charge >= 0.3 is 0 Å². The number of nitrogens with two attached hydrogens (primary N) is 1. The molecule has 0 saturated heterocycles. The number of halogens is 2. The lowest BCUT2D eigenvalue weighted by Gasteiger charge is -2.09. The number of methoxy groups -OCH3 is 1. The zero-order chi connectivity index (χ0) is 10.7. The summed E-state index contributed by atoms with van der Waals surface area (Å²) < 4.78 is 17.9. The van der Waals surface area contributed by atoms with Gasteiger partial charge in [0.1, 0.15) is 11.6 Å². The molecular weight excluding hydrogens is 209 g/mol. The van der Waals surface area contributed by atoms with Crippen molar-refractivity contribution in [3.05, 3.63) is 23.5 Å². The number of carbonyl (C=O) groups is 1. The maximum Gasteiger partial charge on any atom is 0.183 e. The monoisotopic (exact) mass is 217 g/mol. The summed E-state index contributed by atoms with van der Waals surface area (Å²) in [7, 11) is 1.37. The molecule has 0 fully saturated rings. The van der Waals surface area contributed by atoms with Crippen LogP contribution < -0.4 is 10.5 Å². The molecule has 3 nitrogen and oxygen atoms in total. The first-order valence-corrected chi connectivity index (χ1v) is 4.36. The minimum Gasteiger partial charge on any atom is -0.496 e. The lowest BCUT2D eigenvalue weighted by Crippen LogP contribution is -2.09. The summed E-state index contributed by atoms with van der Waals surface area (Å²) in [5.41, 5.74) is 5.18. The highest BCUT2D eigenvalue weighted by molar-refractivity contribution is 6.31. The fraction of sp³-hybridized carbons (Fsp3) is 0.222. The van der Waals surface area contributed by atoms with E-state index in [1.165, 1.54) is 13.2 Å². The Morgan fingerprint density at radius 3 is 2.79 bits per heavy atom. The number of ketones is 1. The highest BCUT2D eigenvalue weighted by Gasteiger charge is 2.17. The third-order valence-electron chi connectivity index (χ3n) is 1.77. The molecule has 0 atom stereocenters. The molecule has 76 valence electrons. The molecule has 1 aromatic carbocycles. The smallest absolute Gasteiger partial charge is 0.183 e. The van der Waals surface area contributed by atoms with E-state index in [-0.39, 0.29) is 22.9 Å². The van der Waals surface area contributed by atoms with E-state index in [2.05, 4.69) is 0 Å². The summed E-state index contributed by atoms with van der Waals surface area (Å²) >= 11 is 5.36. The summed E-state index contributed by atoms with van der Waals surface area (Å²) in [6, 6.07) is 2.48. The van der Waals surface area contributed by atoms with Crippen molar-refractivity contribution in [2.24, 2.45) is 0 Å². The number of carbonyl (C=O) groups excluding carboxylic acids is 1. The number of Topliss-reactive ketones (excluding diaryl/α,β-unsaturated/α-hetero) is 1. The fourth-order valence-electron chi connectivity index (χ4n) is 1.10. The van der Waals surface area contributed by atoms with Crippen LogP contribution in [0.15, 0.2) is 12.1 Å². The zero-order valence-corrected chi connectivity index (χ0v) is 8.27. The van der Waals surface area contributed by atoms with Gasteiger partial charge in [0.05, 0.1) is 24.2 Å². The van der Waals surface area contributed by atoms with Gasteiger partial charge in [0.25, 0.3) is 0 Å². The highest BCUT2D eigenvalue weighted by Crippen LogP contribution is 2.27. The second kappa shape index (κ2) is 4.28. The molecule has 0 aliphatic carbocycles. The van der Waals surface area contributed by atoms with Crippen molar-refractivity contribution in [3.63, 3.8) is 0 Å². The number of nitrogen functional groups attached to an aromatic ring is 1. The SMILES string of the molecule is COc1ccc(F)c(N)c1C(=O)CCl. The summed E-state index contributed by atoms with van der Waals surface area (Å²) in [4.78, 5) is 11.3. The normalized spacial score (nSPS) is 9.93. The molecule has 0 unspecified atom stereocenters. The standard InChI is InChI=1S/C9H9ClFNO2/c1-14-7-3-2-5(11)9(12)8(7)6(13)4-10/h2-3H,4,12H2,1H3. The van der Waals surface area contributed by atoms with Gasteiger partial charge in [-0.3, -0.25) is 4.79 Å². The lowest BCUT2D eigenvalue weighted by molar-refractivity contribution is 0.101. The molecule has 0 heterocycles. The first-order chi connectivity index (χ1) is 6.61. The molecule has 14 heavy (non-hydrogen) atoms. The minimum absolute atomic E-state index is 0.00231. The predicted octanol–water partition coefficient (Wildman–Crippen LogP) is 1.84. The molecule has 0 spiro atoms. The van der Waals surface area contributed by atoms with E-state index >= 15 is 0 Å². The fourth-order valence-corrected chi connectivity index (χ4v) is 1.23. The second-order valence-corrected chi connectivity index (χ2v) is 2.86. The molecule has 0 aliphatic heterocycles. The van der Waals surface area contributed by atoms with Gasteiger partial charge in [-0.25, -0.2) is 4.39 Å². The number of rotatable bonds is 3. The van der Waals surface area contributed by atoms with Gasteiger partial charge in [0.15, 0.2) is 5.78 Å². The van der Waals surface area contributed by atoms with E-state index in [1.54, 1.807) is 0 Å². The van der Waals surface area contributed by atoms with E-state index in [0.29, 0.717) is 0 Å². The van der Waals surface area contributed by atoms with Gasteiger partial charge in [0, 0.05) is 0 Å². The van der Waals surface area contributed by atoms with Gasteiger partial charge in [-0.15, -0.1) is 11.6 Å². The summed E-state index contributed by atoms with van der Waals surface area (Å²) in [6.45, 7) is 0. The van der Waals surface area contributed by atoms with Crippen LogP contribution in [0.1, 0.15) is 10.4 Å². The molecular formula is C9H9ClFNO2.